The fraction of sp³-hybridized carbons (Fsp3) is 0.183. The van der Waals surface area contributed by atoms with E-state index in [-0.39, 0.29) is 38.2 Å². The molecule has 624 valence electrons. The van der Waals surface area contributed by atoms with Crippen molar-refractivity contribution < 1.29 is 159 Å². The number of hydrogen-bond donors (Lipinski definition) is 3. The molecule has 1 amide bonds. The molecule has 0 aliphatic heterocycles. The van der Waals surface area contributed by atoms with Gasteiger partial charge >= 0.3 is 12.1 Å². The number of amides is 1. The molecule has 0 aromatic heterocycles. The molecule has 1 rings (SSSR count). The quantitative estimate of drug-likeness (QED) is 0.0237. The second kappa shape index (κ2) is 267. The van der Waals surface area contributed by atoms with Crippen LogP contribution in [-0.2, 0) is 156 Å². The van der Waals surface area contributed by atoms with Gasteiger partial charge in [0.15, 0.2) is 0 Å². The highest BCUT2D eigenvalue weighted by Crippen LogP contribution is 2.27. The van der Waals surface area contributed by atoms with Gasteiger partial charge in [-0.25, -0.2) is 24.3 Å². The van der Waals surface area contributed by atoms with E-state index in [0.29, 0.717) is 0 Å². The van der Waals surface area contributed by atoms with Crippen LogP contribution in [0.15, 0.2) is 346 Å². The van der Waals surface area contributed by atoms with Crippen LogP contribution in [0, 0.1) is 5.41 Å². The molecule has 1 aromatic rings. The van der Waals surface area contributed by atoms with Crippen molar-refractivity contribution in [2.24, 2.45) is 11.1 Å². The van der Waals surface area contributed by atoms with Gasteiger partial charge in [0.2, 0.25) is 0 Å². The standard InChI is InChI=1S/C23H34N2O32.24C2H4.ClH/c1-31-36-40-44-48-52-56-54-50-46-42-38-34-15-23(14-33-22(30)25-11-10-21(28)29,16-35-39-43-47-51-55-57-53-49-45-41-37-32-2)13-18(26)8-9-20(27)19(24)12-17-6-4-3-5-7-17;24*1-2;/h3-7,19H,8-16,24H2,1-2H3,(H,25,30)(H,28,29);24*1-2H2;1H. The van der Waals surface area contributed by atoms with Crippen molar-refractivity contribution in [2.75, 3.05) is 40.6 Å². The largest absolute Gasteiger partial charge is 0.481 e. The number of benzene rings is 1. The fourth-order valence-electron chi connectivity index (χ4n) is 3.35. The van der Waals surface area contributed by atoms with Gasteiger partial charge in [0.05, 0.1) is 45.3 Å². The van der Waals surface area contributed by atoms with E-state index >= 15 is 0 Å². The van der Waals surface area contributed by atoms with Gasteiger partial charge < -0.3 is 20.9 Å². The second-order valence-electron chi connectivity index (χ2n) is 9.48. The summed E-state index contributed by atoms with van der Waals surface area (Å²) in [4.78, 5) is 66.5. The number of ketones is 2. The Morgan fingerprint density at radius 3 is 0.830 bits per heavy atom. The number of carbonyl (C=O) groups is 4. The summed E-state index contributed by atoms with van der Waals surface area (Å²) in [5, 5.41) is 94.6. The van der Waals surface area contributed by atoms with Crippen molar-refractivity contribution in [1.82, 2.24) is 5.32 Å². The van der Waals surface area contributed by atoms with E-state index in [1.165, 1.54) is 0 Å². The lowest BCUT2D eigenvalue weighted by atomic mass is 9.84. The third kappa shape index (κ3) is 226. The van der Waals surface area contributed by atoms with E-state index in [0.717, 1.165) is 19.8 Å². The predicted octanol–water partition coefficient (Wildman–Crippen LogP) is 19.4. The van der Waals surface area contributed by atoms with Crippen LogP contribution in [-0.4, -0.2) is 75.4 Å². The average Bonchev–Trinajstić information content (AvgIpc) is 0.854. The van der Waals surface area contributed by atoms with Crippen LogP contribution < -0.4 is 11.1 Å². The molecule has 4 N–H and O–H groups in total. The molecule has 0 aliphatic carbocycles. The van der Waals surface area contributed by atoms with Crippen LogP contribution in [0.25, 0.3) is 0 Å². The number of carbonyl (C=O) groups excluding carboxylic acids is 3. The van der Waals surface area contributed by atoms with Gasteiger partial charge in [-0.15, -0.1) is 328 Å². The first-order chi connectivity index (χ1) is 51.7. The van der Waals surface area contributed by atoms with Crippen LogP contribution >= 0.6 is 12.4 Å². The zero-order chi connectivity index (χ0) is 89.7. The number of alkyl carbamates (subject to hydrolysis) is 1. The van der Waals surface area contributed by atoms with E-state index in [4.69, 9.17) is 25.4 Å². The topological polar surface area (TPSA) is 376 Å². The molecule has 1 atom stereocenters. The van der Waals surface area contributed by atoms with E-state index in [1.54, 1.807) is 30.3 Å². The van der Waals surface area contributed by atoms with Crippen molar-refractivity contribution in [2.45, 2.75) is 38.1 Å². The number of carboxylic acids is 1. The monoisotopic (exact) mass is 1560 g/mol. The molecule has 0 heterocycles. The molecule has 35 heteroatoms. The summed E-state index contributed by atoms with van der Waals surface area (Å²) in [5.41, 5.74) is 4.97. The normalized spacial score (nSPS) is 7.39. The highest BCUT2D eigenvalue weighted by molar-refractivity contribution is 5.89. The highest BCUT2D eigenvalue weighted by Gasteiger charge is 2.38. The minimum atomic E-state index is -1.84. The Bertz CT molecular complexity index is 1470. The van der Waals surface area contributed by atoms with Crippen LogP contribution in [0.1, 0.15) is 31.2 Å². The summed E-state index contributed by atoms with van der Waals surface area (Å²) < 4.78 is 5.11. The Labute approximate surface area is 640 Å². The number of Topliss-reactive ketones (excluding diaryl/α,β-unsaturated/α-hetero) is 2. The first-order valence-electron chi connectivity index (χ1n) is 26.7. The molecule has 1 unspecified atom stereocenters. The van der Waals surface area contributed by atoms with Gasteiger partial charge in [0, 0.05) is 25.8 Å². The van der Waals surface area contributed by atoms with E-state index in [1.807, 2.05) is 0 Å². The number of carboxylic acid groups (broad SMARTS) is 1. The van der Waals surface area contributed by atoms with Gasteiger partial charge in [-0.05, 0) is 123 Å². The fourth-order valence-corrected chi connectivity index (χ4v) is 3.35. The first kappa shape index (κ1) is 172. The molecule has 0 saturated heterocycles. The number of nitrogens with one attached hydrogen (secondary N) is 1. The Balaban J connectivity index is -0.0000000491. The molecule has 0 fully saturated rings. The lowest BCUT2D eigenvalue weighted by Crippen LogP contribution is -2.42. The Morgan fingerprint density at radius 1 is 0.358 bits per heavy atom. The zero-order valence-electron chi connectivity index (χ0n) is 63.4. The lowest BCUT2D eigenvalue weighted by Gasteiger charge is -2.30. The number of rotatable bonds is 41. The van der Waals surface area contributed by atoms with E-state index < -0.39 is 67.7 Å². The number of halogens is 1. The van der Waals surface area contributed by atoms with Crippen LogP contribution in [0.4, 0.5) is 4.79 Å². The molecule has 0 spiro atoms. The van der Waals surface area contributed by atoms with Crippen LogP contribution in [0.2, 0.25) is 0 Å². The van der Waals surface area contributed by atoms with Gasteiger partial charge in [-0.1, -0.05) is 30.3 Å². The average molecular weight is 1560 g/mol. The van der Waals surface area contributed by atoms with Crippen molar-refractivity contribution in [3.63, 3.8) is 0 Å². The van der Waals surface area contributed by atoms with Crippen molar-refractivity contribution in [3.8, 4) is 0 Å². The maximum Gasteiger partial charge on any atom is 0.407 e. The van der Waals surface area contributed by atoms with Crippen LogP contribution in [0.3, 0.4) is 0 Å². The molecule has 0 radical (unpaired) electrons. The van der Waals surface area contributed by atoms with Crippen molar-refractivity contribution in [3.05, 3.63) is 352 Å². The minimum absolute atomic E-state index is 0. The van der Waals surface area contributed by atoms with Crippen molar-refractivity contribution in [1.29, 1.82) is 0 Å². The number of aliphatic carboxylic acids is 1. The minimum Gasteiger partial charge on any atom is -0.481 e. The Morgan fingerprint density at radius 2 is 0.594 bits per heavy atom. The van der Waals surface area contributed by atoms with Crippen molar-refractivity contribution >= 4 is 36.0 Å². The van der Waals surface area contributed by atoms with Crippen LogP contribution in [0.5, 0.6) is 0 Å². The van der Waals surface area contributed by atoms with Gasteiger partial charge in [0.1, 0.15) is 18.2 Å². The predicted molar refractivity (Wildman–Crippen MR) is 423 cm³/mol. The highest BCUT2D eigenvalue weighted by atomic mass is 35.5. The molecule has 0 aliphatic rings. The summed E-state index contributed by atoms with van der Waals surface area (Å²) in [7, 11) is 2.12. The first-order valence-corrected chi connectivity index (χ1v) is 26.7. The molecule has 106 heavy (non-hydrogen) atoms. The van der Waals surface area contributed by atoms with Gasteiger partial charge in [0.25, 0.3) is 0 Å². The molecular formula is C71H131ClN2O32. The zero-order valence-corrected chi connectivity index (χ0v) is 64.2. The maximum atomic E-state index is 13.2. The summed E-state index contributed by atoms with van der Waals surface area (Å²) in [6, 6.07) is 7.92. The molecule has 1 aromatic carbocycles. The second-order valence-corrected chi connectivity index (χ2v) is 9.48. The Kier molecular flexibility index (Phi) is 434. The molecular weight excluding hydrogens is 1430 g/mol. The van der Waals surface area contributed by atoms with E-state index in [2.05, 4.69) is 442 Å². The SMILES string of the molecule is C=C.C=C.C=C.C=C.C=C.C=C.C=C.C=C.C=C.C=C.C=C.C=C.C=C.C=C.C=C.C=C.C=C.C=C.C=C.C=C.C=C.C=C.C=C.C=C.COOOOOOOOOOOOOCC(COOOOOOOOOOOOOC)(COC(=O)NCCC(=O)O)CC(=O)CCC(=O)C(N)Cc1ccccc1.Cl. The summed E-state index contributed by atoms with van der Waals surface area (Å²) in [6.07, 6.45) is -2.74. The summed E-state index contributed by atoms with van der Waals surface area (Å²) in [6.45, 7) is 141. The third-order valence-electron chi connectivity index (χ3n) is 5.57. The molecule has 34 nitrogen and oxygen atoms in total. The lowest BCUT2D eigenvalue weighted by molar-refractivity contribution is -0.870. The van der Waals surface area contributed by atoms with E-state index in [9.17, 15) is 19.2 Å². The van der Waals surface area contributed by atoms with Gasteiger partial charge in [-0.2, -0.15) is 0 Å². The summed E-state index contributed by atoms with van der Waals surface area (Å²) in [5.74, 6) is -2.33. The smallest absolute Gasteiger partial charge is 0.407 e. The number of ether oxygens (including phenoxy) is 1. The number of nitrogens with two attached hydrogens (primary N) is 1. The molecule has 0 bridgehead atoms. The molecule has 0 saturated carbocycles. The third-order valence-corrected chi connectivity index (χ3v) is 5.57. The number of hydrogen-bond acceptors (Lipinski definition) is 32. The van der Waals surface area contributed by atoms with Gasteiger partial charge in [-0.3, -0.25) is 14.4 Å². The Hall–Kier alpha value is -9.73. The maximum absolute atomic E-state index is 13.2. The summed E-state index contributed by atoms with van der Waals surface area (Å²) >= 11 is 0.